The summed E-state index contributed by atoms with van der Waals surface area (Å²) in [5.41, 5.74) is 0. The van der Waals surface area contributed by atoms with E-state index in [-0.39, 0.29) is 4.90 Å². The number of pyridine rings is 1. The predicted molar refractivity (Wildman–Crippen MR) is 79.8 cm³/mol. The number of hydrogen-bond donors (Lipinski definition) is 0. The first kappa shape index (κ1) is 14.2. The van der Waals surface area contributed by atoms with Gasteiger partial charge in [-0.2, -0.15) is 4.31 Å². The van der Waals surface area contributed by atoms with E-state index in [0.717, 1.165) is 19.5 Å². The van der Waals surface area contributed by atoms with Crippen LogP contribution in [0.4, 0.5) is 0 Å². The van der Waals surface area contributed by atoms with E-state index in [1.165, 1.54) is 6.20 Å². The largest absolute Gasteiger partial charge is 0.292 e. The van der Waals surface area contributed by atoms with Crippen molar-refractivity contribution < 1.29 is 8.42 Å². The van der Waals surface area contributed by atoms with Crippen molar-refractivity contribution >= 4 is 26.0 Å². The van der Waals surface area contributed by atoms with Crippen LogP contribution in [0.15, 0.2) is 40.0 Å². The summed E-state index contributed by atoms with van der Waals surface area (Å²) in [4.78, 5) is 6.52. The molecule has 0 amide bonds. The SMILES string of the molecule is O=S(=O)(c1cncc(Br)c1)N1CCC(N2CC=CC2)C1. The predicted octanol–water partition coefficient (Wildman–Crippen LogP) is 1.48. The third-order valence-corrected chi connectivity index (χ3v) is 6.07. The molecule has 1 aromatic rings. The fraction of sp³-hybridized carbons (Fsp3) is 0.462. The van der Waals surface area contributed by atoms with Gasteiger partial charge in [0.05, 0.1) is 0 Å². The van der Waals surface area contributed by atoms with Gasteiger partial charge in [-0.1, -0.05) is 12.2 Å². The Labute approximate surface area is 127 Å². The van der Waals surface area contributed by atoms with Crippen molar-refractivity contribution in [2.75, 3.05) is 26.2 Å². The molecule has 3 rings (SSSR count). The summed E-state index contributed by atoms with van der Waals surface area (Å²) in [7, 11) is -3.43. The Kier molecular flexibility index (Phi) is 3.94. The lowest BCUT2D eigenvalue weighted by Crippen LogP contribution is -2.37. The molecule has 1 atom stereocenters. The molecular formula is C13H16BrN3O2S. The van der Waals surface area contributed by atoms with Crippen LogP contribution in [0.25, 0.3) is 0 Å². The van der Waals surface area contributed by atoms with Crippen molar-refractivity contribution in [1.29, 1.82) is 0 Å². The highest BCUT2D eigenvalue weighted by Gasteiger charge is 2.35. The van der Waals surface area contributed by atoms with Gasteiger partial charge in [0.1, 0.15) is 4.90 Å². The maximum Gasteiger partial charge on any atom is 0.244 e. The molecule has 2 aliphatic heterocycles. The molecule has 5 nitrogen and oxygen atoms in total. The van der Waals surface area contributed by atoms with Gasteiger partial charge in [0.2, 0.25) is 10.0 Å². The average molecular weight is 358 g/mol. The Balaban J connectivity index is 1.76. The van der Waals surface area contributed by atoms with Crippen molar-refractivity contribution in [3.8, 4) is 0 Å². The van der Waals surface area contributed by atoms with Gasteiger partial charge in [-0.15, -0.1) is 0 Å². The first-order chi connectivity index (χ1) is 9.57. The van der Waals surface area contributed by atoms with E-state index in [4.69, 9.17) is 0 Å². The van der Waals surface area contributed by atoms with Gasteiger partial charge >= 0.3 is 0 Å². The molecule has 1 aromatic heterocycles. The fourth-order valence-electron chi connectivity index (χ4n) is 2.70. The molecule has 0 bridgehead atoms. The zero-order valence-electron chi connectivity index (χ0n) is 10.9. The summed E-state index contributed by atoms with van der Waals surface area (Å²) in [5, 5.41) is 0. The van der Waals surface area contributed by atoms with E-state index >= 15 is 0 Å². The maximum absolute atomic E-state index is 12.6. The van der Waals surface area contributed by atoms with Crippen LogP contribution < -0.4 is 0 Å². The first-order valence-corrected chi connectivity index (χ1v) is 8.80. The van der Waals surface area contributed by atoms with Crippen LogP contribution in [0.3, 0.4) is 0 Å². The molecule has 0 N–H and O–H groups in total. The van der Waals surface area contributed by atoms with Crippen molar-refractivity contribution in [2.45, 2.75) is 17.4 Å². The molecular weight excluding hydrogens is 342 g/mol. The summed E-state index contributed by atoms with van der Waals surface area (Å²) < 4.78 is 27.4. The molecule has 3 heterocycles. The highest BCUT2D eigenvalue weighted by atomic mass is 79.9. The van der Waals surface area contributed by atoms with Crippen molar-refractivity contribution in [1.82, 2.24) is 14.2 Å². The Hall–Kier alpha value is -0.760. The Morgan fingerprint density at radius 3 is 2.70 bits per heavy atom. The molecule has 108 valence electrons. The van der Waals surface area contributed by atoms with Crippen molar-refractivity contribution in [3.63, 3.8) is 0 Å². The average Bonchev–Trinajstić information content (AvgIpc) is 3.10. The highest BCUT2D eigenvalue weighted by molar-refractivity contribution is 9.10. The van der Waals surface area contributed by atoms with Gasteiger partial charge in [-0.05, 0) is 28.4 Å². The molecule has 1 fully saturated rings. The Bertz CT molecular complexity index is 624. The smallest absolute Gasteiger partial charge is 0.244 e. The van der Waals surface area contributed by atoms with Crippen LogP contribution in [0.2, 0.25) is 0 Å². The molecule has 0 spiro atoms. The topological polar surface area (TPSA) is 53.5 Å². The molecule has 1 unspecified atom stereocenters. The van der Waals surface area contributed by atoms with E-state index < -0.39 is 10.0 Å². The standard InChI is InChI=1S/C13H16BrN3O2S/c14-11-7-13(9-15-8-11)20(18,19)17-6-3-12(10-17)16-4-1-2-5-16/h1-2,7-9,12H,3-6,10H2. The number of hydrogen-bond acceptors (Lipinski definition) is 4. The molecule has 2 aliphatic rings. The first-order valence-electron chi connectivity index (χ1n) is 6.57. The second-order valence-corrected chi connectivity index (χ2v) is 7.92. The quantitative estimate of drug-likeness (QED) is 0.768. The van der Waals surface area contributed by atoms with Gasteiger partial charge in [0.15, 0.2) is 0 Å². The fourth-order valence-corrected chi connectivity index (χ4v) is 4.70. The normalized spacial score (nSPS) is 24.6. The van der Waals surface area contributed by atoms with Crippen LogP contribution >= 0.6 is 15.9 Å². The van der Waals surface area contributed by atoms with Gasteiger partial charge in [-0.25, -0.2) is 8.42 Å². The molecule has 1 saturated heterocycles. The van der Waals surface area contributed by atoms with Crippen molar-refractivity contribution in [3.05, 3.63) is 35.1 Å². The molecule has 0 saturated carbocycles. The second kappa shape index (κ2) is 5.55. The summed E-state index contributed by atoms with van der Waals surface area (Å²) in [6.07, 6.45) is 8.15. The lowest BCUT2D eigenvalue weighted by molar-refractivity contribution is 0.261. The highest BCUT2D eigenvalue weighted by Crippen LogP contribution is 2.25. The van der Waals surface area contributed by atoms with Crippen LogP contribution in [0.1, 0.15) is 6.42 Å². The number of aromatic nitrogens is 1. The van der Waals surface area contributed by atoms with E-state index in [2.05, 4.69) is 38.0 Å². The third kappa shape index (κ3) is 2.67. The summed E-state index contributed by atoms with van der Waals surface area (Å²) in [6, 6.07) is 1.92. The molecule has 0 aromatic carbocycles. The minimum absolute atomic E-state index is 0.257. The van der Waals surface area contributed by atoms with Gasteiger partial charge in [-0.3, -0.25) is 9.88 Å². The lowest BCUT2D eigenvalue weighted by atomic mass is 10.2. The number of rotatable bonds is 3. The van der Waals surface area contributed by atoms with Crippen LogP contribution in [-0.2, 0) is 10.0 Å². The molecule has 7 heteroatoms. The Morgan fingerprint density at radius 1 is 1.25 bits per heavy atom. The molecule has 0 aliphatic carbocycles. The maximum atomic E-state index is 12.6. The number of halogens is 1. The Morgan fingerprint density at radius 2 is 2.00 bits per heavy atom. The molecule has 20 heavy (non-hydrogen) atoms. The second-order valence-electron chi connectivity index (χ2n) is 5.07. The van der Waals surface area contributed by atoms with Crippen LogP contribution in [0.5, 0.6) is 0 Å². The zero-order chi connectivity index (χ0) is 14.2. The van der Waals surface area contributed by atoms with E-state index in [9.17, 15) is 8.42 Å². The van der Waals surface area contributed by atoms with E-state index in [1.54, 1.807) is 16.6 Å². The van der Waals surface area contributed by atoms with Crippen molar-refractivity contribution in [2.24, 2.45) is 0 Å². The third-order valence-electron chi connectivity index (χ3n) is 3.81. The van der Waals surface area contributed by atoms with Gasteiger partial charge in [0.25, 0.3) is 0 Å². The minimum Gasteiger partial charge on any atom is -0.292 e. The number of sulfonamides is 1. The summed E-state index contributed by atoms with van der Waals surface area (Å²) in [6.45, 7) is 3.00. The van der Waals surface area contributed by atoms with Crippen LogP contribution in [0, 0.1) is 0 Å². The monoisotopic (exact) mass is 357 g/mol. The summed E-state index contributed by atoms with van der Waals surface area (Å²) >= 11 is 3.27. The lowest BCUT2D eigenvalue weighted by Gasteiger charge is -2.23. The van der Waals surface area contributed by atoms with Gasteiger partial charge in [0, 0.05) is 49.1 Å². The number of nitrogens with zero attached hydrogens (tertiary/aromatic N) is 3. The van der Waals surface area contributed by atoms with E-state index in [1.807, 2.05) is 0 Å². The zero-order valence-corrected chi connectivity index (χ0v) is 13.3. The minimum atomic E-state index is -3.43. The molecule has 0 radical (unpaired) electrons. The summed E-state index contributed by atoms with van der Waals surface area (Å²) in [5.74, 6) is 0. The van der Waals surface area contributed by atoms with E-state index in [0.29, 0.717) is 23.6 Å². The van der Waals surface area contributed by atoms with Gasteiger partial charge < -0.3 is 0 Å². The van der Waals surface area contributed by atoms with Crippen LogP contribution in [-0.4, -0.2) is 54.8 Å².